The molecule has 16 heavy (non-hydrogen) atoms. The number of carbonyl (C=O) groups is 1. The lowest BCUT2D eigenvalue weighted by Crippen LogP contribution is -2.36. The van der Waals surface area contributed by atoms with Crippen molar-refractivity contribution < 1.29 is 4.79 Å². The Labute approximate surface area is 108 Å². The Bertz CT molecular complexity index is 408. The quantitative estimate of drug-likeness (QED) is 0.845. The third kappa shape index (κ3) is 3.57. The van der Waals surface area contributed by atoms with Crippen molar-refractivity contribution in [2.45, 2.75) is 9.83 Å². The molecule has 1 aromatic rings. The maximum Gasteiger partial charge on any atom is 0.273 e. The van der Waals surface area contributed by atoms with Crippen LogP contribution in [0.3, 0.4) is 0 Å². The molecule has 1 amide bonds. The summed E-state index contributed by atoms with van der Waals surface area (Å²) in [5.74, 6) is -0.826. The van der Waals surface area contributed by atoms with Gasteiger partial charge in [-0.25, -0.2) is 0 Å². The summed E-state index contributed by atoms with van der Waals surface area (Å²) in [7, 11) is 0. The minimum absolute atomic E-state index is 0.632. The minimum Gasteiger partial charge on any atom is -0.333 e. The number of amides is 1. The highest BCUT2D eigenvalue weighted by atomic mass is 35.6. The molecule has 0 saturated heterocycles. The van der Waals surface area contributed by atoms with Crippen LogP contribution in [0.4, 0.5) is 0 Å². The Morgan fingerprint density at radius 3 is 2.31 bits per heavy atom. The van der Waals surface area contributed by atoms with Gasteiger partial charge in [0.25, 0.3) is 9.70 Å². The number of benzene rings is 1. The second-order valence-corrected chi connectivity index (χ2v) is 5.23. The number of hydrogen-bond acceptors (Lipinski definition) is 2. The molecule has 0 saturated carbocycles. The minimum atomic E-state index is -2.07. The van der Waals surface area contributed by atoms with Gasteiger partial charge in [0, 0.05) is 0 Å². The number of alkyl halides is 3. The predicted molar refractivity (Wildman–Crippen MR) is 63.2 cm³/mol. The summed E-state index contributed by atoms with van der Waals surface area (Å²) in [4.78, 5) is 11.3. The van der Waals surface area contributed by atoms with Gasteiger partial charge in [-0.1, -0.05) is 65.1 Å². The Morgan fingerprint density at radius 2 is 1.88 bits per heavy atom. The number of carbonyl (C=O) groups excluding carboxylic acids is 1. The average molecular weight is 278 g/mol. The van der Waals surface area contributed by atoms with Crippen LogP contribution in [0, 0.1) is 11.3 Å². The van der Waals surface area contributed by atoms with Gasteiger partial charge in [-0.15, -0.1) is 0 Å². The first-order valence-corrected chi connectivity index (χ1v) is 5.41. The van der Waals surface area contributed by atoms with Crippen molar-refractivity contribution in [1.82, 2.24) is 5.32 Å². The second-order valence-electron chi connectivity index (χ2n) is 2.94. The van der Waals surface area contributed by atoms with Crippen LogP contribution in [0.25, 0.3) is 0 Å². The first kappa shape index (κ1) is 13.1. The van der Waals surface area contributed by atoms with Gasteiger partial charge < -0.3 is 5.32 Å². The van der Waals surface area contributed by atoms with Gasteiger partial charge in [-0.3, -0.25) is 4.79 Å². The van der Waals surface area contributed by atoms with Gasteiger partial charge in [-0.2, -0.15) is 5.26 Å². The second kappa shape index (κ2) is 5.40. The highest BCUT2D eigenvalue weighted by molar-refractivity contribution is 6.76. The van der Waals surface area contributed by atoms with E-state index in [-0.39, 0.29) is 0 Å². The van der Waals surface area contributed by atoms with Gasteiger partial charge in [-0.05, 0) is 5.56 Å². The number of nitrogens with one attached hydrogen (secondary N) is 1. The Morgan fingerprint density at radius 1 is 1.31 bits per heavy atom. The molecule has 1 unspecified atom stereocenters. The summed E-state index contributed by atoms with van der Waals surface area (Å²) in [5.41, 5.74) is 0.632. The summed E-state index contributed by atoms with van der Waals surface area (Å²) >= 11 is 16.1. The summed E-state index contributed by atoms with van der Waals surface area (Å²) in [6.07, 6.45) is 0. The van der Waals surface area contributed by atoms with Gasteiger partial charge in [0.1, 0.15) is 6.04 Å². The molecular weight excluding hydrogens is 270 g/mol. The third-order valence-corrected chi connectivity index (χ3v) is 2.31. The molecule has 0 radical (unpaired) electrons. The maximum absolute atomic E-state index is 11.3. The largest absolute Gasteiger partial charge is 0.333 e. The zero-order valence-electron chi connectivity index (χ0n) is 7.95. The highest BCUT2D eigenvalue weighted by Gasteiger charge is 2.32. The standard InChI is InChI=1S/C10H7Cl3N2O/c11-10(12,13)9(16)15-8(6-14)7-4-2-1-3-5-7/h1-5,8H,(H,15,16). The fraction of sp³-hybridized carbons (Fsp3) is 0.200. The van der Waals surface area contributed by atoms with Crippen LogP contribution in [-0.2, 0) is 4.79 Å². The normalized spacial score (nSPS) is 12.6. The van der Waals surface area contributed by atoms with Crippen LogP contribution < -0.4 is 5.32 Å². The number of halogens is 3. The molecule has 6 heteroatoms. The lowest BCUT2D eigenvalue weighted by molar-refractivity contribution is -0.120. The van der Waals surface area contributed by atoms with E-state index in [9.17, 15) is 4.79 Å². The Hall–Kier alpha value is -0.950. The summed E-state index contributed by atoms with van der Waals surface area (Å²) in [6.45, 7) is 0. The van der Waals surface area contributed by atoms with E-state index in [1.165, 1.54) is 0 Å². The SMILES string of the molecule is N#CC(NC(=O)C(Cl)(Cl)Cl)c1ccccc1. The first-order chi connectivity index (χ1) is 7.45. The zero-order valence-corrected chi connectivity index (χ0v) is 10.2. The lowest BCUT2D eigenvalue weighted by atomic mass is 10.1. The summed E-state index contributed by atoms with van der Waals surface area (Å²) in [6, 6.07) is 9.79. The van der Waals surface area contributed by atoms with E-state index in [1.54, 1.807) is 30.3 Å². The van der Waals surface area contributed by atoms with E-state index >= 15 is 0 Å². The number of hydrogen-bond donors (Lipinski definition) is 1. The van der Waals surface area contributed by atoms with Crippen LogP contribution in [0.2, 0.25) is 0 Å². The zero-order chi connectivity index (χ0) is 12.2. The molecule has 0 fully saturated rings. The molecule has 84 valence electrons. The molecule has 1 aromatic carbocycles. The Kier molecular flexibility index (Phi) is 4.43. The molecule has 0 spiro atoms. The van der Waals surface area contributed by atoms with E-state index in [1.807, 2.05) is 6.07 Å². The van der Waals surface area contributed by atoms with E-state index in [4.69, 9.17) is 40.1 Å². The Balaban J connectivity index is 2.80. The monoisotopic (exact) mass is 276 g/mol. The van der Waals surface area contributed by atoms with Crippen LogP contribution in [0.5, 0.6) is 0 Å². The fourth-order valence-corrected chi connectivity index (χ4v) is 1.21. The van der Waals surface area contributed by atoms with E-state index in [2.05, 4.69) is 5.32 Å². The van der Waals surface area contributed by atoms with Gasteiger partial charge >= 0.3 is 0 Å². The smallest absolute Gasteiger partial charge is 0.273 e. The topological polar surface area (TPSA) is 52.9 Å². The number of nitrogens with zero attached hydrogens (tertiary/aromatic N) is 1. The molecule has 0 aliphatic rings. The van der Waals surface area contributed by atoms with Crippen LogP contribution in [-0.4, -0.2) is 9.70 Å². The lowest BCUT2D eigenvalue weighted by Gasteiger charge is -2.15. The number of rotatable bonds is 2. The van der Waals surface area contributed by atoms with Crippen LogP contribution in [0.1, 0.15) is 11.6 Å². The van der Waals surface area contributed by atoms with Crippen molar-refractivity contribution in [3.63, 3.8) is 0 Å². The van der Waals surface area contributed by atoms with Crippen LogP contribution in [0.15, 0.2) is 30.3 Å². The highest BCUT2D eigenvalue weighted by Crippen LogP contribution is 2.27. The van der Waals surface area contributed by atoms with Gasteiger partial charge in [0.15, 0.2) is 0 Å². The average Bonchev–Trinajstić information content (AvgIpc) is 2.25. The fourth-order valence-electron chi connectivity index (χ4n) is 1.05. The number of nitriles is 1. The van der Waals surface area contributed by atoms with Crippen molar-refractivity contribution in [3.05, 3.63) is 35.9 Å². The summed E-state index contributed by atoms with van der Waals surface area (Å²) < 4.78 is -2.07. The van der Waals surface area contributed by atoms with Crippen molar-refractivity contribution in [2.24, 2.45) is 0 Å². The first-order valence-electron chi connectivity index (χ1n) is 4.27. The van der Waals surface area contributed by atoms with Crippen molar-refractivity contribution in [2.75, 3.05) is 0 Å². The summed E-state index contributed by atoms with van der Waals surface area (Å²) in [5, 5.41) is 11.2. The van der Waals surface area contributed by atoms with E-state index < -0.39 is 15.7 Å². The molecule has 0 bridgehead atoms. The van der Waals surface area contributed by atoms with E-state index in [0.717, 1.165) is 0 Å². The molecule has 0 heterocycles. The third-order valence-electron chi connectivity index (χ3n) is 1.79. The molecule has 1 atom stereocenters. The predicted octanol–water partition coefficient (Wildman–Crippen LogP) is 2.74. The molecule has 1 rings (SSSR count). The molecule has 0 aliphatic carbocycles. The molecule has 0 aliphatic heterocycles. The van der Waals surface area contributed by atoms with Crippen molar-refractivity contribution in [1.29, 1.82) is 5.26 Å². The van der Waals surface area contributed by atoms with Crippen molar-refractivity contribution >= 4 is 40.7 Å². The van der Waals surface area contributed by atoms with Gasteiger partial charge in [0.2, 0.25) is 0 Å². The van der Waals surface area contributed by atoms with Crippen LogP contribution >= 0.6 is 34.8 Å². The molecular formula is C10H7Cl3N2O. The van der Waals surface area contributed by atoms with E-state index in [0.29, 0.717) is 5.56 Å². The molecule has 1 N–H and O–H groups in total. The molecule has 0 aromatic heterocycles. The molecule has 3 nitrogen and oxygen atoms in total. The van der Waals surface area contributed by atoms with Gasteiger partial charge in [0.05, 0.1) is 6.07 Å². The van der Waals surface area contributed by atoms with Crippen molar-refractivity contribution in [3.8, 4) is 6.07 Å². The maximum atomic E-state index is 11.3.